The molecular formula is C16H31N3O2. The molecule has 1 N–H and O–H groups in total. The van der Waals surface area contributed by atoms with Gasteiger partial charge in [-0.3, -0.25) is 0 Å². The maximum absolute atomic E-state index is 12.3. The van der Waals surface area contributed by atoms with Crippen LogP contribution in [0.4, 0.5) is 4.79 Å². The molecule has 21 heavy (non-hydrogen) atoms. The Labute approximate surface area is 129 Å². The number of piperidine rings is 1. The summed E-state index contributed by atoms with van der Waals surface area (Å²) in [6, 6.07) is 0.670. The monoisotopic (exact) mass is 297 g/mol. The minimum Gasteiger partial charge on any atom is -0.372 e. The highest BCUT2D eigenvalue weighted by molar-refractivity contribution is 5.74. The van der Waals surface area contributed by atoms with Crippen LogP contribution in [0.25, 0.3) is 0 Å². The molecule has 3 atom stereocenters. The first-order chi connectivity index (χ1) is 9.95. The average Bonchev–Trinajstić information content (AvgIpc) is 2.44. The van der Waals surface area contributed by atoms with Crippen molar-refractivity contribution in [3.63, 3.8) is 0 Å². The van der Waals surface area contributed by atoms with E-state index in [1.54, 1.807) is 0 Å². The summed E-state index contributed by atoms with van der Waals surface area (Å²) in [6.07, 6.45) is 2.72. The Morgan fingerprint density at radius 2 is 1.90 bits per heavy atom. The second-order valence-corrected chi connectivity index (χ2v) is 6.95. The maximum atomic E-state index is 12.3. The van der Waals surface area contributed by atoms with Gasteiger partial charge >= 0.3 is 6.03 Å². The highest BCUT2D eigenvalue weighted by Crippen LogP contribution is 2.18. The van der Waals surface area contributed by atoms with Crippen LogP contribution in [0.15, 0.2) is 0 Å². The number of ether oxygens (including phenoxy) is 1. The molecule has 2 fully saturated rings. The van der Waals surface area contributed by atoms with E-state index in [2.05, 4.69) is 24.1 Å². The number of amides is 2. The number of hydrogen-bond acceptors (Lipinski definition) is 3. The molecule has 0 aromatic heterocycles. The molecule has 0 spiro atoms. The van der Waals surface area contributed by atoms with Gasteiger partial charge in [-0.2, -0.15) is 0 Å². The van der Waals surface area contributed by atoms with E-state index in [1.807, 2.05) is 18.7 Å². The molecule has 2 amide bonds. The van der Waals surface area contributed by atoms with Crippen LogP contribution in [-0.4, -0.2) is 66.8 Å². The van der Waals surface area contributed by atoms with Crippen LogP contribution < -0.4 is 5.32 Å². The minimum absolute atomic E-state index is 0.0682. The molecule has 2 rings (SSSR count). The molecule has 0 saturated carbocycles. The van der Waals surface area contributed by atoms with Crippen molar-refractivity contribution in [2.45, 2.75) is 58.8 Å². The van der Waals surface area contributed by atoms with Crippen LogP contribution >= 0.6 is 0 Å². The van der Waals surface area contributed by atoms with Crippen molar-refractivity contribution in [3.8, 4) is 0 Å². The Kier molecular flexibility index (Phi) is 5.88. The summed E-state index contributed by atoms with van der Waals surface area (Å²) in [5.74, 6) is 0.584. The van der Waals surface area contributed by atoms with Gasteiger partial charge in [0.2, 0.25) is 0 Å². The zero-order valence-electron chi connectivity index (χ0n) is 14.0. The molecule has 5 nitrogen and oxygen atoms in total. The van der Waals surface area contributed by atoms with E-state index in [4.69, 9.17) is 4.74 Å². The largest absolute Gasteiger partial charge is 0.372 e. The van der Waals surface area contributed by atoms with Crippen LogP contribution in [-0.2, 0) is 4.74 Å². The summed E-state index contributed by atoms with van der Waals surface area (Å²) in [6.45, 7) is 13.0. The van der Waals surface area contributed by atoms with E-state index in [-0.39, 0.29) is 18.2 Å². The van der Waals surface area contributed by atoms with Gasteiger partial charge < -0.3 is 19.9 Å². The summed E-state index contributed by atoms with van der Waals surface area (Å²) in [5.41, 5.74) is 0. The number of likely N-dealkylation sites (tertiary alicyclic amines) is 1. The summed E-state index contributed by atoms with van der Waals surface area (Å²) < 4.78 is 5.67. The maximum Gasteiger partial charge on any atom is 0.317 e. The first kappa shape index (κ1) is 16.6. The van der Waals surface area contributed by atoms with E-state index < -0.39 is 0 Å². The molecule has 0 aromatic carbocycles. The van der Waals surface area contributed by atoms with Gasteiger partial charge in [0.25, 0.3) is 0 Å². The van der Waals surface area contributed by atoms with Crippen LogP contribution in [0.5, 0.6) is 0 Å². The number of morpholine rings is 1. The Morgan fingerprint density at radius 1 is 1.24 bits per heavy atom. The topological polar surface area (TPSA) is 44.8 Å². The van der Waals surface area contributed by atoms with Crippen molar-refractivity contribution < 1.29 is 9.53 Å². The first-order valence-electron chi connectivity index (χ1n) is 8.38. The molecule has 0 radical (unpaired) electrons. The van der Waals surface area contributed by atoms with Gasteiger partial charge in [0.05, 0.1) is 12.2 Å². The summed E-state index contributed by atoms with van der Waals surface area (Å²) >= 11 is 0. The van der Waals surface area contributed by atoms with E-state index in [0.717, 1.165) is 13.1 Å². The molecule has 0 aliphatic carbocycles. The number of nitrogens with zero attached hydrogens (tertiary/aromatic N) is 2. The highest BCUT2D eigenvalue weighted by atomic mass is 16.5. The third-order valence-electron chi connectivity index (χ3n) is 4.53. The van der Waals surface area contributed by atoms with Crippen molar-refractivity contribution >= 4 is 6.03 Å². The highest BCUT2D eigenvalue weighted by Gasteiger charge is 2.27. The standard InChI is InChI=1S/C16H31N3O2/c1-12(2)18-7-5-6-15(11-18)8-17-16(20)19-9-13(3)21-14(4)10-19/h12-15H,5-11H2,1-4H3,(H,17,20)/t13-,14-,15+/m1/s1. The zero-order chi connectivity index (χ0) is 15.4. The predicted octanol–water partition coefficient (Wildman–Crippen LogP) is 1.93. The predicted molar refractivity (Wildman–Crippen MR) is 84.4 cm³/mol. The van der Waals surface area contributed by atoms with Gasteiger partial charge in [-0.25, -0.2) is 4.79 Å². The molecule has 2 saturated heterocycles. The Morgan fingerprint density at radius 3 is 2.52 bits per heavy atom. The van der Waals surface area contributed by atoms with Crippen molar-refractivity contribution in [1.82, 2.24) is 15.1 Å². The van der Waals surface area contributed by atoms with Gasteiger partial charge in [0.15, 0.2) is 0 Å². The smallest absolute Gasteiger partial charge is 0.317 e. The molecule has 2 aliphatic heterocycles. The lowest BCUT2D eigenvalue weighted by Crippen LogP contribution is -2.53. The average molecular weight is 297 g/mol. The quantitative estimate of drug-likeness (QED) is 0.865. The number of carbonyl (C=O) groups excluding carboxylic acids is 1. The SMILES string of the molecule is CC(C)N1CCC[C@@H](CNC(=O)N2C[C@@H](C)O[C@H](C)C2)C1. The molecule has 2 aliphatic rings. The minimum atomic E-state index is 0.0682. The van der Waals surface area contributed by atoms with Crippen LogP contribution in [0.3, 0.4) is 0 Å². The number of hydrogen-bond donors (Lipinski definition) is 1. The van der Waals surface area contributed by atoms with E-state index >= 15 is 0 Å². The number of urea groups is 1. The van der Waals surface area contributed by atoms with Gasteiger partial charge in [-0.05, 0) is 53.0 Å². The Balaban J connectivity index is 1.75. The Hall–Kier alpha value is -0.810. The van der Waals surface area contributed by atoms with Crippen LogP contribution in [0, 0.1) is 5.92 Å². The van der Waals surface area contributed by atoms with Crippen LogP contribution in [0.2, 0.25) is 0 Å². The number of carbonyl (C=O) groups is 1. The molecular weight excluding hydrogens is 266 g/mol. The number of rotatable bonds is 3. The fourth-order valence-corrected chi connectivity index (χ4v) is 3.42. The van der Waals surface area contributed by atoms with Gasteiger partial charge in [-0.1, -0.05) is 0 Å². The van der Waals surface area contributed by atoms with Crippen molar-refractivity contribution in [2.24, 2.45) is 5.92 Å². The second kappa shape index (κ2) is 7.45. The molecule has 122 valence electrons. The van der Waals surface area contributed by atoms with E-state index in [0.29, 0.717) is 25.0 Å². The van der Waals surface area contributed by atoms with Gasteiger partial charge in [0, 0.05) is 32.2 Å². The second-order valence-electron chi connectivity index (χ2n) is 6.95. The molecule has 0 bridgehead atoms. The summed E-state index contributed by atoms with van der Waals surface area (Å²) in [4.78, 5) is 16.7. The summed E-state index contributed by atoms with van der Waals surface area (Å²) in [7, 11) is 0. The fraction of sp³-hybridized carbons (Fsp3) is 0.938. The lowest BCUT2D eigenvalue weighted by atomic mass is 9.97. The third kappa shape index (κ3) is 4.85. The first-order valence-corrected chi connectivity index (χ1v) is 8.38. The summed E-state index contributed by atoms with van der Waals surface area (Å²) in [5, 5.41) is 3.13. The molecule has 0 unspecified atom stereocenters. The van der Waals surface area contributed by atoms with Crippen LogP contribution in [0.1, 0.15) is 40.5 Å². The van der Waals surface area contributed by atoms with Gasteiger partial charge in [0.1, 0.15) is 0 Å². The molecule has 0 aromatic rings. The van der Waals surface area contributed by atoms with E-state index in [9.17, 15) is 4.79 Å². The van der Waals surface area contributed by atoms with Crippen molar-refractivity contribution in [2.75, 3.05) is 32.7 Å². The lowest BCUT2D eigenvalue weighted by molar-refractivity contribution is -0.0546. The van der Waals surface area contributed by atoms with Crippen molar-refractivity contribution in [3.05, 3.63) is 0 Å². The van der Waals surface area contributed by atoms with Gasteiger partial charge in [-0.15, -0.1) is 0 Å². The Bertz CT molecular complexity index is 338. The number of nitrogens with one attached hydrogen (secondary N) is 1. The lowest BCUT2D eigenvalue weighted by Gasteiger charge is -2.37. The molecule has 5 heteroatoms. The molecule has 2 heterocycles. The normalized spacial score (nSPS) is 31.5. The fourth-order valence-electron chi connectivity index (χ4n) is 3.42. The van der Waals surface area contributed by atoms with E-state index in [1.165, 1.54) is 19.4 Å². The third-order valence-corrected chi connectivity index (χ3v) is 4.53. The van der Waals surface area contributed by atoms with Crippen molar-refractivity contribution in [1.29, 1.82) is 0 Å². The zero-order valence-corrected chi connectivity index (χ0v) is 14.0.